The minimum atomic E-state index is -3.98. The van der Waals surface area contributed by atoms with Crippen molar-refractivity contribution in [3.05, 3.63) is 47.4 Å². The Morgan fingerprint density at radius 1 is 1.36 bits per heavy atom. The van der Waals surface area contributed by atoms with E-state index in [0.29, 0.717) is 5.56 Å². The standard InChI is InChI=1S/C13H14FN3O4S/c1-2-21-13(18)11-8-15-17-12(11)22(19,20)16-7-9-3-5-10(14)6-4-9/h3-6,8,16H,2,7H2,1H3,(H,15,17). The van der Waals surface area contributed by atoms with Crippen LogP contribution in [-0.2, 0) is 21.3 Å². The van der Waals surface area contributed by atoms with Crippen molar-refractivity contribution in [1.29, 1.82) is 0 Å². The van der Waals surface area contributed by atoms with Crippen LogP contribution in [0.5, 0.6) is 0 Å². The smallest absolute Gasteiger partial charge is 0.342 e. The lowest BCUT2D eigenvalue weighted by Gasteiger charge is -2.07. The summed E-state index contributed by atoms with van der Waals surface area (Å²) >= 11 is 0. The van der Waals surface area contributed by atoms with Crippen molar-refractivity contribution in [3.63, 3.8) is 0 Å². The van der Waals surface area contributed by atoms with E-state index in [4.69, 9.17) is 4.74 Å². The van der Waals surface area contributed by atoms with Gasteiger partial charge in [0.1, 0.15) is 11.4 Å². The van der Waals surface area contributed by atoms with Gasteiger partial charge in [0.25, 0.3) is 10.0 Å². The molecule has 0 aliphatic rings. The van der Waals surface area contributed by atoms with E-state index in [2.05, 4.69) is 14.9 Å². The molecule has 9 heteroatoms. The third-order valence-electron chi connectivity index (χ3n) is 2.75. The van der Waals surface area contributed by atoms with Crippen LogP contribution in [0.1, 0.15) is 22.8 Å². The first-order valence-electron chi connectivity index (χ1n) is 6.38. The van der Waals surface area contributed by atoms with E-state index >= 15 is 0 Å². The Morgan fingerprint density at radius 3 is 2.68 bits per heavy atom. The van der Waals surface area contributed by atoms with Gasteiger partial charge in [0.05, 0.1) is 12.8 Å². The minimum Gasteiger partial charge on any atom is -0.462 e. The third-order valence-corrected chi connectivity index (χ3v) is 4.12. The first kappa shape index (κ1) is 16.1. The quantitative estimate of drug-likeness (QED) is 0.777. The van der Waals surface area contributed by atoms with Gasteiger partial charge in [0, 0.05) is 6.54 Å². The van der Waals surface area contributed by atoms with Gasteiger partial charge in [-0.25, -0.2) is 22.3 Å². The van der Waals surface area contributed by atoms with Gasteiger partial charge in [-0.2, -0.15) is 5.10 Å². The van der Waals surface area contributed by atoms with Gasteiger partial charge in [-0.1, -0.05) is 12.1 Å². The molecule has 0 saturated carbocycles. The van der Waals surface area contributed by atoms with Gasteiger partial charge in [0.15, 0.2) is 5.03 Å². The highest BCUT2D eigenvalue weighted by atomic mass is 32.2. The Morgan fingerprint density at radius 2 is 2.05 bits per heavy atom. The fraction of sp³-hybridized carbons (Fsp3) is 0.231. The maximum Gasteiger partial charge on any atom is 0.342 e. The van der Waals surface area contributed by atoms with Gasteiger partial charge in [-0.3, -0.25) is 5.10 Å². The van der Waals surface area contributed by atoms with Crippen LogP contribution in [0, 0.1) is 5.82 Å². The molecule has 0 unspecified atom stereocenters. The summed E-state index contributed by atoms with van der Waals surface area (Å²) < 4.78 is 44.3. The molecule has 2 aromatic rings. The molecule has 118 valence electrons. The monoisotopic (exact) mass is 327 g/mol. The van der Waals surface area contributed by atoms with Crippen molar-refractivity contribution >= 4 is 16.0 Å². The third kappa shape index (κ3) is 3.68. The van der Waals surface area contributed by atoms with E-state index in [9.17, 15) is 17.6 Å². The number of rotatable bonds is 6. The van der Waals surface area contributed by atoms with Crippen molar-refractivity contribution in [2.75, 3.05) is 6.61 Å². The molecule has 0 aliphatic heterocycles. The van der Waals surface area contributed by atoms with Gasteiger partial charge in [0.2, 0.25) is 0 Å². The Hall–Kier alpha value is -2.26. The number of benzene rings is 1. The Kier molecular flexibility index (Phi) is 4.88. The predicted molar refractivity (Wildman–Crippen MR) is 75.0 cm³/mol. The topological polar surface area (TPSA) is 101 Å². The number of hydrogen-bond acceptors (Lipinski definition) is 5. The molecule has 0 aliphatic carbocycles. The number of carbonyl (C=O) groups excluding carboxylic acids is 1. The fourth-order valence-corrected chi connectivity index (χ4v) is 2.79. The molecular formula is C13H14FN3O4S. The van der Waals surface area contributed by atoms with Crippen molar-refractivity contribution in [3.8, 4) is 0 Å². The molecule has 0 radical (unpaired) electrons. The van der Waals surface area contributed by atoms with Gasteiger partial charge in [-0.05, 0) is 24.6 Å². The maximum absolute atomic E-state index is 12.8. The van der Waals surface area contributed by atoms with Gasteiger partial charge in [-0.15, -0.1) is 0 Å². The second-order valence-corrected chi connectivity index (χ2v) is 5.99. The Bertz CT molecular complexity index is 756. The van der Waals surface area contributed by atoms with Crippen LogP contribution in [0.4, 0.5) is 4.39 Å². The highest BCUT2D eigenvalue weighted by molar-refractivity contribution is 7.89. The molecule has 0 atom stereocenters. The number of aromatic nitrogens is 2. The maximum atomic E-state index is 12.8. The Labute approximate surface area is 126 Å². The van der Waals surface area contributed by atoms with Crippen LogP contribution in [0.15, 0.2) is 35.5 Å². The van der Waals surface area contributed by atoms with E-state index in [1.807, 2.05) is 0 Å². The SMILES string of the molecule is CCOC(=O)c1cn[nH]c1S(=O)(=O)NCc1ccc(F)cc1. The van der Waals surface area contributed by atoms with E-state index < -0.39 is 21.8 Å². The molecule has 0 spiro atoms. The lowest BCUT2D eigenvalue weighted by molar-refractivity contribution is 0.0522. The Balaban J connectivity index is 2.15. The first-order chi connectivity index (χ1) is 10.4. The van der Waals surface area contributed by atoms with Gasteiger partial charge >= 0.3 is 5.97 Å². The molecule has 7 nitrogen and oxygen atoms in total. The average Bonchev–Trinajstić information content (AvgIpc) is 2.97. The lowest BCUT2D eigenvalue weighted by atomic mass is 10.2. The number of sulfonamides is 1. The van der Waals surface area contributed by atoms with E-state index in [1.54, 1.807) is 6.92 Å². The van der Waals surface area contributed by atoms with Crippen LogP contribution < -0.4 is 4.72 Å². The van der Waals surface area contributed by atoms with Crippen molar-refractivity contribution < 1.29 is 22.3 Å². The number of esters is 1. The number of nitrogens with one attached hydrogen (secondary N) is 2. The molecule has 0 amide bonds. The zero-order chi connectivity index (χ0) is 16.2. The minimum absolute atomic E-state index is 0.0517. The van der Waals surface area contributed by atoms with Crippen LogP contribution in [0.25, 0.3) is 0 Å². The van der Waals surface area contributed by atoms with Crippen LogP contribution >= 0.6 is 0 Å². The molecule has 2 rings (SSSR count). The number of hydrogen-bond donors (Lipinski definition) is 2. The number of nitrogens with zero attached hydrogens (tertiary/aromatic N) is 1. The predicted octanol–water partition coefficient (Wildman–Crippen LogP) is 1.20. The highest BCUT2D eigenvalue weighted by Crippen LogP contribution is 2.14. The van der Waals surface area contributed by atoms with Crippen molar-refractivity contribution in [1.82, 2.24) is 14.9 Å². The molecule has 1 aromatic carbocycles. The summed E-state index contributed by atoms with van der Waals surface area (Å²) in [6.07, 6.45) is 1.09. The molecule has 0 fully saturated rings. The fourth-order valence-electron chi connectivity index (χ4n) is 1.69. The summed E-state index contributed by atoms with van der Waals surface area (Å²) in [7, 11) is -3.98. The zero-order valence-corrected chi connectivity index (χ0v) is 12.5. The van der Waals surface area contributed by atoms with Crippen molar-refractivity contribution in [2.45, 2.75) is 18.5 Å². The molecule has 1 heterocycles. The van der Waals surface area contributed by atoms with Crippen molar-refractivity contribution in [2.24, 2.45) is 0 Å². The van der Waals surface area contributed by atoms with E-state index in [1.165, 1.54) is 24.3 Å². The molecule has 22 heavy (non-hydrogen) atoms. The summed E-state index contributed by atoms with van der Waals surface area (Å²) in [6.45, 7) is 1.68. The normalized spacial score (nSPS) is 11.4. The summed E-state index contributed by atoms with van der Waals surface area (Å²) in [5.74, 6) is -1.19. The molecule has 0 bridgehead atoms. The molecule has 2 N–H and O–H groups in total. The number of carbonyl (C=O) groups is 1. The molecular weight excluding hydrogens is 313 g/mol. The van der Waals surface area contributed by atoms with Crippen LogP contribution in [0.2, 0.25) is 0 Å². The number of ether oxygens (including phenoxy) is 1. The highest BCUT2D eigenvalue weighted by Gasteiger charge is 2.25. The molecule has 1 aromatic heterocycles. The average molecular weight is 327 g/mol. The lowest BCUT2D eigenvalue weighted by Crippen LogP contribution is -2.25. The van der Waals surface area contributed by atoms with Crippen LogP contribution in [0.3, 0.4) is 0 Å². The first-order valence-corrected chi connectivity index (χ1v) is 7.87. The summed E-state index contributed by atoms with van der Waals surface area (Å²) in [5, 5.41) is 5.47. The summed E-state index contributed by atoms with van der Waals surface area (Å²) in [6, 6.07) is 5.36. The molecule has 0 saturated heterocycles. The zero-order valence-electron chi connectivity index (χ0n) is 11.7. The van der Waals surface area contributed by atoms with Gasteiger partial charge < -0.3 is 4.74 Å². The van der Waals surface area contributed by atoms with E-state index in [0.717, 1.165) is 6.20 Å². The second-order valence-electron chi connectivity index (χ2n) is 4.28. The van der Waals surface area contributed by atoms with E-state index in [-0.39, 0.29) is 23.7 Å². The largest absolute Gasteiger partial charge is 0.462 e. The number of H-pyrrole nitrogens is 1. The number of aromatic amines is 1. The summed E-state index contributed by atoms with van der Waals surface area (Å²) in [5.41, 5.74) is 0.399. The second kappa shape index (κ2) is 6.67. The number of halogens is 1. The summed E-state index contributed by atoms with van der Waals surface area (Å²) in [4.78, 5) is 11.7. The van der Waals surface area contributed by atoms with Crippen LogP contribution in [-0.4, -0.2) is 31.2 Å².